The molecule has 0 bridgehead atoms. The summed E-state index contributed by atoms with van der Waals surface area (Å²) in [6, 6.07) is 15.1. The van der Waals surface area contributed by atoms with Gasteiger partial charge in [-0.05, 0) is 47.1 Å². The second-order valence-corrected chi connectivity index (χ2v) is 8.13. The third kappa shape index (κ3) is 2.87. The van der Waals surface area contributed by atoms with Gasteiger partial charge in [0.05, 0.1) is 21.6 Å². The summed E-state index contributed by atoms with van der Waals surface area (Å²) in [7, 11) is 0. The van der Waals surface area contributed by atoms with Crippen LogP contribution in [0.25, 0.3) is 5.69 Å². The SMILES string of the molecule is Cc1[nH]n(-c2ccccc2)c(=O)c1C1C(C#N)=C(N)Oc2c(Br)cc(Br)cc21. The lowest BCUT2D eigenvalue weighted by Gasteiger charge is -2.26. The van der Waals surface area contributed by atoms with E-state index in [4.69, 9.17) is 10.5 Å². The predicted octanol–water partition coefficient (Wildman–Crippen LogP) is 4.22. The lowest BCUT2D eigenvalue weighted by atomic mass is 9.83. The molecule has 8 heteroatoms. The Morgan fingerprint density at radius 1 is 1.25 bits per heavy atom. The molecule has 3 N–H and O–H groups in total. The maximum atomic E-state index is 13.3. The Labute approximate surface area is 177 Å². The minimum atomic E-state index is -0.642. The number of H-pyrrole nitrogens is 1. The normalized spacial score (nSPS) is 15.7. The van der Waals surface area contributed by atoms with Crippen molar-refractivity contribution in [3.63, 3.8) is 0 Å². The van der Waals surface area contributed by atoms with Gasteiger partial charge in [0, 0.05) is 15.7 Å². The van der Waals surface area contributed by atoms with E-state index in [2.05, 4.69) is 43.0 Å². The molecule has 0 fully saturated rings. The third-order valence-corrected chi connectivity index (χ3v) is 5.70. The van der Waals surface area contributed by atoms with Gasteiger partial charge in [0.15, 0.2) is 0 Å². The first-order chi connectivity index (χ1) is 13.4. The molecule has 1 aromatic heterocycles. The maximum Gasteiger partial charge on any atom is 0.275 e. The number of nitrogens with zero attached hydrogens (tertiary/aromatic N) is 2. The zero-order valence-electron chi connectivity index (χ0n) is 14.7. The molecule has 0 radical (unpaired) electrons. The summed E-state index contributed by atoms with van der Waals surface area (Å²) in [5, 5.41) is 12.9. The third-order valence-electron chi connectivity index (χ3n) is 4.65. The number of hydrogen-bond acceptors (Lipinski definition) is 4. The molecular formula is C20H14Br2N4O2. The van der Waals surface area contributed by atoms with Crippen molar-refractivity contribution in [1.82, 2.24) is 9.78 Å². The summed E-state index contributed by atoms with van der Waals surface area (Å²) >= 11 is 6.94. The summed E-state index contributed by atoms with van der Waals surface area (Å²) < 4.78 is 8.63. The van der Waals surface area contributed by atoms with Crippen LogP contribution in [0.3, 0.4) is 0 Å². The molecule has 2 heterocycles. The van der Waals surface area contributed by atoms with E-state index in [1.165, 1.54) is 4.68 Å². The molecule has 1 aliphatic heterocycles. The van der Waals surface area contributed by atoms with E-state index in [9.17, 15) is 10.1 Å². The number of halogens is 2. The molecule has 6 nitrogen and oxygen atoms in total. The van der Waals surface area contributed by atoms with E-state index < -0.39 is 5.92 Å². The fourth-order valence-corrected chi connectivity index (χ4v) is 4.78. The zero-order valence-corrected chi connectivity index (χ0v) is 17.8. The fraction of sp³-hybridized carbons (Fsp3) is 0.100. The van der Waals surface area contributed by atoms with Crippen LogP contribution in [0.5, 0.6) is 5.75 Å². The molecule has 0 spiro atoms. The predicted molar refractivity (Wildman–Crippen MR) is 112 cm³/mol. The maximum absolute atomic E-state index is 13.3. The van der Waals surface area contributed by atoms with Crippen molar-refractivity contribution in [3.8, 4) is 17.5 Å². The molecule has 0 aliphatic carbocycles. The van der Waals surface area contributed by atoms with E-state index >= 15 is 0 Å². The molecular weight excluding hydrogens is 488 g/mol. The number of benzene rings is 2. The Bertz CT molecular complexity index is 1220. The molecule has 0 saturated heterocycles. The number of nitrogens with two attached hydrogens (primary N) is 1. The van der Waals surface area contributed by atoms with Gasteiger partial charge in [0.25, 0.3) is 5.56 Å². The monoisotopic (exact) mass is 500 g/mol. The summed E-state index contributed by atoms with van der Waals surface area (Å²) in [5.41, 5.74) is 8.52. The van der Waals surface area contributed by atoms with Crippen molar-refractivity contribution >= 4 is 31.9 Å². The summed E-state index contributed by atoms with van der Waals surface area (Å²) in [6.07, 6.45) is 0. The lowest BCUT2D eigenvalue weighted by molar-refractivity contribution is 0.391. The summed E-state index contributed by atoms with van der Waals surface area (Å²) in [6.45, 7) is 1.81. The highest BCUT2D eigenvalue weighted by atomic mass is 79.9. The van der Waals surface area contributed by atoms with Crippen molar-refractivity contribution in [2.45, 2.75) is 12.8 Å². The van der Waals surface area contributed by atoms with Gasteiger partial charge in [-0.25, -0.2) is 4.68 Å². The van der Waals surface area contributed by atoms with Crippen LogP contribution in [0.15, 0.2) is 67.7 Å². The first-order valence-electron chi connectivity index (χ1n) is 8.35. The largest absolute Gasteiger partial charge is 0.439 e. The van der Waals surface area contributed by atoms with Crippen molar-refractivity contribution in [2.24, 2.45) is 5.73 Å². The van der Waals surface area contributed by atoms with Crippen LogP contribution < -0.4 is 16.0 Å². The second-order valence-electron chi connectivity index (χ2n) is 6.36. The van der Waals surface area contributed by atoms with Crippen LogP contribution in [0, 0.1) is 18.3 Å². The molecule has 0 saturated carbocycles. The average Bonchev–Trinajstić information content (AvgIpc) is 2.96. The number of rotatable bonds is 2. The smallest absolute Gasteiger partial charge is 0.275 e. The van der Waals surface area contributed by atoms with Crippen LogP contribution >= 0.6 is 31.9 Å². The zero-order chi connectivity index (χ0) is 20.0. The van der Waals surface area contributed by atoms with Crippen molar-refractivity contribution in [1.29, 1.82) is 5.26 Å². The Hall–Kier alpha value is -2.76. The van der Waals surface area contributed by atoms with Gasteiger partial charge in [-0.1, -0.05) is 34.1 Å². The van der Waals surface area contributed by atoms with Crippen LogP contribution in [0.4, 0.5) is 0 Å². The number of hydrogen-bond donors (Lipinski definition) is 2. The molecule has 4 rings (SSSR count). The first-order valence-corrected chi connectivity index (χ1v) is 9.94. The van der Waals surface area contributed by atoms with Gasteiger partial charge in [-0.2, -0.15) is 5.26 Å². The van der Waals surface area contributed by atoms with Gasteiger partial charge >= 0.3 is 0 Å². The summed E-state index contributed by atoms with van der Waals surface area (Å²) in [4.78, 5) is 13.3. The molecule has 140 valence electrons. The minimum absolute atomic E-state index is 0.00529. The van der Waals surface area contributed by atoms with E-state index in [1.54, 1.807) is 0 Å². The van der Waals surface area contributed by atoms with Gasteiger partial charge < -0.3 is 10.5 Å². The van der Waals surface area contributed by atoms with E-state index in [0.717, 1.165) is 4.47 Å². The Morgan fingerprint density at radius 2 is 1.96 bits per heavy atom. The highest BCUT2D eigenvalue weighted by Gasteiger charge is 2.36. The van der Waals surface area contributed by atoms with Gasteiger partial charge in [-0.3, -0.25) is 9.89 Å². The van der Waals surface area contributed by atoms with Crippen LogP contribution in [0.1, 0.15) is 22.7 Å². The van der Waals surface area contributed by atoms with Gasteiger partial charge in [0.2, 0.25) is 5.88 Å². The lowest BCUT2D eigenvalue weighted by Crippen LogP contribution is -2.26. The number of para-hydroxylation sites is 1. The van der Waals surface area contributed by atoms with Crippen molar-refractivity contribution in [2.75, 3.05) is 0 Å². The van der Waals surface area contributed by atoms with Crippen LogP contribution in [-0.2, 0) is 0 Å². The molecule has 3 aromatic rings. The molecule has 1 aliphatic rings. The quantitative estimate of drug-likeness (QED) is 0.549. The summed E-state index contributed by atoms with van der Waals surface area (Å²) in [5.74, 6) is -0.151. The number of aryl methyl sites for hydroxylation is 1. The fourth-order valence-electron chi connectivity index (χ4n) is 3.44. The number of aromatic nitrogens is 2. The number of nitriles is 1. The minimum Gasteiger partial charge on any atom is -0.439 e. The average molecular weight is 502 g/mol. The highest BCUT2D eigenvalue weighted by Crippen LogP contribution is 2.46. The van der Waals surface area contributed by atoms with E-state index in [-0.39, 0.29) is 17.0 Å². The highest BCUT2D eigenvalue weighted by molar-refractivity contribution is 9.11. The number of nitrogens with one attached hydrogen (secondary N) is 1. The molecule has 0 amide bonds. The molecule has 1 atom stereocenters. The van der Waals surface area contributed by atoms with Crippen molar-refractivity contribution in [3.05, 3.63) is 90.0 Å². The Balaban J connectivity index is 2.01. The number of fused-ring (bicyclic) bond motifs is 1. The number of aromatic amines is 1. The van der Waals surface area contributed by atoms with Gasteiger partial charge in [-0.15, -0.1) is 0 Å². The standard InChI is InChI=1S/C20H14Br2N4O2/c1-10-16(20(27)26(25-10)12-5-3-2-4-6-12)17-13-7-11(21)8-15(22)18(13)28-19(24)14(17)9-23/h2-8,17,25H,24H2,1H3. The topological polar surface area (TPSA) is 96.8 Å². The molecule has 2 aromatic carbocycles. The van der Waals surface area contributed by atoms with Crippen molar-refractivity contribution < 1.29 is 4.74 Å². The molecule has 28 heavy (non-hydrogen) atoms. The van der Waals surface area contributed by atoms with E-state index in [1.807, 2.05) is 49.4 Å². The molecule has 1 unspecified atom stereocenters. The first kappa shape index (κ1) is 18.6. The Morgan fingerprint density at radius 3 is 2.64 bits per heavy atom. The van der Waals surface area contributed by atoms with Crippen LogP contribution in [0.2, 0.25) is 0 Å². The number of ether oxygens (including phenoxy) is 1. The number of allylic oxidation sites excluding steroid dienone is 1. The van der Waals surface area contributed by atoms with E-state index in [0.29, 0.717) is 32.7 Å². The van der Waals surface area contributed by atoms with Crippen LogP contribution in [-0.4, -0.2) is 9.78 Å². The Kier molecular flexibility index (Phi) is 4.65. The second kappa shape index (κ2) is 7.00. The van der Waals surface area contributed by atoms with Gasteiger partial charge in [0.1, 0.15) is 17.4 Å².